The third-order valence-corrected chi connectivity index (χ3v) is 3.37. The van der Waals surface area contributed by atoms with E-state index in [4.69, 9.17) is 5.73 Å². The highest BCUT2D eigenvalue weighted by atomic mass is 15.3. The summed E-state index contributed by atoms with van der Waals surface area (Å²) in [6, 6.07) is 9.96. The Morgan fingerprint density at radius 1 is 1.25 bits per heavy atom. The van der Waals surface area contributed by atoms with E-state index in [0.29, 0.717) is 5.69 Å². The molecule has 5 nitrogen and oxygen atoms in total. The van der Waals surface area contributed by atoms with Crippen molar-refractivity contribution in [2.24, 2.45) is 0 Å². The molecule has 0 aliphatic carbocycles. The summed E-state index contributed by atoms with van der Waals surface area (Å²) >= 11 is 0. The van der Waals surface area contributed by atoms with Gasteiger partial charge in [0, 0.05) is 23.8 Å². The summed E-state index contributed by atoms with van der Waals surface area (Å²) in [5.74, 6) is 0.835. The number of nitrogens with one attached hydrogen (secondary N) is 1. The van der Waals surface area contributed by atoms with Gasteiger partial charge in [-0.25, -0.2) is 4.68 Å². The fraction of sp³-hybridized carbons (Fsp3) is 0.200. The molecule has 0 fully saturated rings. The molecule has 0 aliphatic rings. The van der Waals surface area contributed by atoms with Crippen molar-refractivity contribution in [2.45, 2.75) is 20.4 Å². The highest BCUT2D eigenvalue weighted by Gasteiger charge is 2.12. The zero-order chi connectivity index (χ0) is 14.1. The number of nitrogens with zero attached hydrogens (tertiary/aromatic N) is 3. The van der Waals surface area contributed by atoms with E-state index < -0.39 is 0 Å². The van der Waals surface area contributed by atoms with Gasteiger partial charge < -0.3 is 11.1 Å². The summed E-state index contributed by atoms with van der Waals surface area (Å²) in [5, 5.41) is 8.88. The fourth-order valence-corrected chi connectivity index (χ4v) is 2.30. The lowest BCUT2D eigenvalue weighted by molar-refractivity contribution is 0.661. The van der Waals surface area contributed by atoms with E-state index in [1.165, 1.54) is 0 Å². The number of anilines is 3. The number of pyridine rings is 1. The highest BCUT2D eigenvalue weighted by Crippen LogP contribution is 2.29. The van der Waals surface area contributed by atoms with E-state index in [1.807, 2.05) is 48.9 Å². The molecule has 0 bridgehead atoms. The molecule has 0 spiro atoms. The number of hydrogen-bond donors (Lipinski definition) is 2. The molecular formula is C15H17N5. The smallest absolute Gasteiger partial charge is 0.152 e. The summed E-state index contributed by atoms with van der Waals surface area (Å²) < 4.78 is 1.87. The molecule has 0 radical (unpaired) electrons. The van der Waals surface area contributed by atoms with Crippen molar-refractivity contribution in [2.75, 3.05) is 11.1 Å². The van der Waals surface area contributed by atoms with Crippen LogP contribution in [0.1, 0.15) is 12.6 Å². The van der Waals surface area contributed by atoms with E-state index in [0.717, 1.165) is 34.6 Å². The van der Waals surface area contributed by atoms with Crippen LogP contribution in [-0.2, 0) is 6.54 Å². The van der Waals surface area contributed by atoms with Crippen LogP contribution in [0.4, 0.5) is 17.2 Å². The normalized spacial score (nSPS) is 10.9. The van der Waals surface area contributed by atoms with E-state index >= 15 is 0 Å². The molecule has 0 aliphatic heterocycles. The van der Waals surface area contributed by atoms with Crippen LogP contribution in [0.2, 0.25) is 0 Å². The molecule has 2 aromatic heterocycles. The lowest BCUT2D eigenvalue weighted by Crippen LogP contribution is -2.04. The van der Waals surface area contributed by atoms with Crippen LogP contribution in [0.5, 0.6) is 0 Å². The fourth-order valence-electron chi connectivity index (χ4n) is 2.30. The Bertz CT molecular complexity index is 755. The standard InChI is InChI=1S/C15H17N5/c1-3-20-15(14(16)10(2)19-20)18-13-8-4-7-12-11(13)6-5-9-17-12/h4-9,18H,3,16H2,1-2H3. The largest absolute Gasteiger partial charge is 0.394 e. The Labute approximate surface area is 117 Å². The molecule has 0 amide bonds. The molecule has 0 saturated heterocycles. The monoisotopic (exact) mass is 267 g/mol. The molecule has 0 unspecified atom stereocenters. The number of aromatic nitrogens is 3. The van der Waals surface area contributed by atoms with Crippen molar-refractivity contribution in [3.05, 3.63) is 42.2 Å². The van der Waals surface area contributed by atoms with Gasteiger partial charge in [0.25, 0.3) is 0 Å². The van der Waals surface area contributed by atoms with Crippen molar-refractivity contribution >= 4 is 28.1 Å². The third-order valence-electron chi connectivity index (χ3n) is 3.37. The number of nitrogens with two attached hydrogens (primary N) is 1. The SMILES string of the molecule is CCn1nc(C)c(N)c1Nc1cccc2ncccc12. The Kier molecular flexibility index (Phi) is 3.02. The predicted octanol–water partition coefficient (Wildman–Crippen LogP) is 3.09. The minimum Gasteiger partial charge on any atom is -0.394 e. The Morgan fingerprint density at radius 3 is 2.90 bits per heavy atom. The zero-order valence-electron chi connectivity index (χ0n) is 11.6. The number of fused-ring (bicyclic) bond motifs is 1. The van der Waals surface area contributed by atoms with Crippen LogP contribution in [0.15, 0.2) is 36.5 Å². The second-order valence-corrected chi connectivity index (χ2v) is 4.66. The van der Waals surface area contributed by atoms with Crippen LogP contribution >= 0.6 is 0 Å². The van der Waals surface area contributed by atoms with E-state index in [-0.39, 0.29) is 0 Å². The van der Waals surface area contributed by atoms with Gasteiger partial charge in [0.05, 0.1) is 16.9 Å². The maximum absolute atomic E-state index is 6.11. The first-order valence-electron chi connectivity index (χ1n) is 6.64. The number of benzene rings is 1. The molecule has 102 valence electrons. The molecule has 1 aromatic carbocycles. The molecule has 0 atom stereocenters. The Balaban J connectivity index is 2.10. The minimum atomic E-state index is 0.688. The van der Waals surface area contributed by atoms with Gasteiger partial charge in [0.2, 0.25) is 0 Å². The average molecular weight is 267 g/mol. The van der Waals surface area contributed by atoms with Crippen molar-refractivity contribution in [3.8, 4) is 0 Å². The van der Waals surface area contributed by atoms with Crippen LogP contribution < -0.4 is 11.1 Å². The van der Waals surface area contributed by atoms with Crippen LogP contribution in [0.3, 0.4) is 0 Å². The molecule has 0 saturated carbocycles. The van der Waals surface area contributed by atoms with Gasteiger partial charge in [-0.3, -0.25) is 4.98 Å². The molecule has 20 heavy (non-hydrogen) atoms. The second kappa shape index (κ2) is 4.85. The molecule has 3 rings (SSSR count). The zero-order valence-corrected chi connectivity index (χ0v) is 11.6. The Hall–Kier alpha value is -2.56. The van der Waals surface area contributed by atoms with E-state index in [2.05, 4.69) is 15.4 Å². The summed E-state index contributed by atoms with van der Waals surface area (Å²) in [5.41, 5.74) is 9.57. The minimum absolute atomic E-state index is 0.688. The van der Waals surface area contributed by atoms with E-state index in [1.54, 1.807) is 6.20 Å². The molecule has 2 heterocycles. The molecule has 5 heteroatoms. The van der Waals surface area contributed by atoms with E-state index in [9.17, 15) is 0 Å². The van der Waals surface area contributed by atoms with Crippen molar-refractivity contribution in [1.82, 2.24) is 14.8 Å². The van der Waals surface area contributed by atoms with Crippen molar-refractivity contribution < 1.29 is 0 Å². The average Bonchev–Trinajstić information content (AvgIpc) is 2.75. The maximum Gasteiger partial charge on any atom is 0.152 e. The molecule has 3 N–H and O–H groups in total. The Morgan fingerprint density at radius 2 is 2.10 bits per heavy atom. The first kappa shape index (κ1) is 12.5. The van der Waals surface area contributed by atoms with Crippen molar-refractivity contribution in [1.29, 1.82) is 0 Å². The van der Waals surface area contributed by atoms with Gasteiger partial charge in [0.1, 0.15) is 0 Å². The highest BCUT2D eigenvalue weighted by molar-refractivity contribution is 5.93. The second-order valence-electron chi connectivity index (χ2n) is 4.66. The first-order valence-corrected chi connectivity index (χ1v) is 6.64. The molecular weight excluding hydrogens is 250 g/mol. The van der Waals surface area contributed by atoms with Gasteiger partial charge in [-0.15, -0.1) is 0 Å². The topological polar surface area (TPSA) is 68.8 Å². The summed E-state index contributed by atoms with van der Waals surface area (Å²) in [7, 11) is 0. The number of nitrogen functional groups attached to an aromatic ring is 1. The van der Waals surface area contributed by atoms with Gasteiger partial charge in [-0.05, 0) is 38.1 Å². The van der Waals surface area contributed by atoms with Crippen LogP contribution in [-0.4, -0.2) is 14.8 Å². The van der Waals surface area contributed by atoms with Gasteiger partial charge >= 0.3 is 0 Å². The first-order chi connectivity index (χ1) is 9.70. The van der Waals surface area contributed by atoms with Crippen LogP contribution in [0, 0.1) is 6.92 Å². The quantitative estimate of drug-likeness (QED) is 0.765. The summed E-state index contributed by atoms with van der Waals surface area (Å²) in [6.07, 6.45) is 1.79. The summed E-state index contributed by atoms with van der Waals surface area (Å²) in [4.78, 5) is 4.36. The third kappa shape index (κ3) is 1.97. The van der Waals surface area contributed by atoms with Gasteiger partial charge in [0.15, 0.2) is 5.82 Å². The maximum atomic E-state index is 6.11. The predicted molar refractivity (Wildman–Crippen MR) is 82.1 cm³/mol. The van der Waals surface area contributed by atoms with Gasteiger partial charge in [-0.1, -0.05) is 6.07 Å². The van der Waals surface area contributed by atoms with Crippen LogP contribution in [0.25, 0.3) is 10.9 Å². The summed E-state index contributed by atoms with van der Waals surface area (Å²) in [6.45, 7) is 4.72. The molecule has 3 aromatic rings. The number of aryl methyl sites for hydroxylation is 2. The lowest BCUT2D eigenvalue weighted by Gasteiger charge is -2.11. The number of rotatable bonds is 3. The lowest BCUT2D eigenvalue weighted by atomic mass is 10.2. The number of hydrogen-bond acceptors (Lipinski definition) is 4. The van der Waals surface area contributed by atoms with Crippen molar-refractivity contribution in [3.63, 3.8) is 0 Å². The van der Waals surface area contributed by atoms with Gasteiger partial charge in [-0.2, -0.15) is 5.10 Å².